The van der Waals surface area contributed by atoms with Gasteiger partial charge in [0.05, 0.1) is 22.5 Å². The van der Waals surface area contributed by atoms with E-state index in [1.807, 2.05) is 4.90 Å². The first kappa shape index (κ1) is 18.0. The number of nitrogens with zero attached hydrogens (tertiary/aromatic N) is 1. The Morgan fingerprint density at radius 1 is 1.33 bits per heavy atom. The zero-order valence-electron chi connectivity index (χ0n) is 11.0. The van der Waals surface area contributed by atoms with E-state index >= 15 is 0 Å². The van der Waals surface area contributed by atoms with Gasteiger partial charge < -0.3 is 10.4 Å². The first-order valence-corrected chi connectivity index (χ1v) is 6.91. The van der Waals surface area contributed by atoms with Crippen molar-refractivity contribution in [2.24, 2.45) is 5.92 Å². The number of likely N-dealkylation sites (tertiary alicyclic amines) is 1. The minimum Gasteiger partial charge on any atom is -0.481 e. The molecule has 0 aromatic heterocycles. The van der Waals surface area contributed by atoms with Crippen LogP contribution in [0.25, 0.3) is 0 Å². The van der Waals surface area contributed by atoms with E-state index in [1.165, 1.54) is 0 Å². The number of amides is 1. The van der Waals surface area contributed by atoms with Crippen LogP contribution in [0.5, 0.6) is 0 Å². The molecule has 1 aliphatic rings. The molecule has 0 aliphatic carbocycles. The van der Waals surface area contributed by atoms with Crippen LogP contribution in [0.3, 0.4) is 0 Å². The number of rotatable bonds is 4. The van der Waals surface area contributed by atoms with Gasteiger partial charge in [-0.05, 0) is 31.2 Å². The molecule has 2 rings (SSSR count). The third kappa shape index (κ3) is 5.04. The van der Waals surface area contributed by atoms with Crippen molar-refractivity contribution in [2.75, 3.05) is 25.0 Å². The van der Waals surface area contributed by atoms with Gasteiger partial charge in [0.1, 0.15) is 0 Å². The number of carboxylic acids is 1. The minimum atomic E-state index is -0.808. The molecule has 1 heterocycles. The molecule has 2 N–H and O–H groups in total. The third-order valence-electron chi connectivity index (χ3n) is 3.19. The van der Waals surface area contributed by atoms with Crippen LogP contribution in [-0.2, 0) is 9.59 Å². The quantitative estimate of drug-likeness (QED) is 0.873. The molecule has 0 saturated carbocycles. The van der Waals surface area contributed by atoms with Crippen molar-refractivity contribution in [1.29, 1.82) is 0 Å². The predicted octanol–water partition coefficient (Wildman–Crippen LogP) is 2.76. The lowest BCUT2D eigenvalue weighted by atomic mass is 10.1. The fourth-order valence-corrected chi connectivity index (χ4v) is 2.45. The molecular formula is C13H15Cl3N2O3. The maximum Gasteiger partial charge on any atom is 0.307 e. The molecule has 1 aromatic carbocycles. The standard InChI is InChI=1S/C13H14Cl2N2O3.ClH/c14-10-2-1-9(5-11(10)15)16-12(18)7-17-4-3-8(6-17)13(19)20;/h1-2,5,8H,3-4,6-7H2,(H,16,18)(H,19,20);1H. The first-order valence-electron chi connectivity index (χ1n) is 6.16. The number of anilines is 1. The van der Waals surface area contributed by atoms with Gasteiger partial charge in [-0.3, -0.25) is 14.5 Å². The second kappa shape index (κ2) is 7.84. The number of halogens is 3. The molecule has 116 valence electrons. The Hall–Kier alpha value is -1.01. The zero-order chi connectivity index (χ0) is 14.7. The summed E-state index contributed by atoms with van der Waals surface area (Å²) in [5.74, 6) is -1.39. The van der Waals surface area contributed by atoms with Crippen molar-refractivity contribution in [2.45, 2.75) is 6.42 Å². The second-order valence-corrected chi connectivity index (χ2v) is 5.55. The van der Waals surface area contributed by atoms with Gasteiger partial charge in [-0.15, -0.1) is 12.4 Å². The van der Waals surface area contributed by atoms with Gasteiger partial charge in [-0.2, -0.15) is 0 Å². The third-order valence-corrected chi connectivity index (χ3v) is 3.93. The van der Waals surface area contributed by atoms with Crippen LogP contribution in [0, 0.1) is 5.92 Å². The van der Waals surface area contributed by atoms with Gasteiger partial charge in [-0.25, -0.2) is 0 Å². The summed E-state index contributed by atoms with van der Waals surface area (Å²) in [7, 11) is 0. The Morgan fingerprint density at radius 2 is 2.05 bits per heavy atom. The number of nitrogens with one attached hydrogen (secondary N) is 1. The molecule has 0 spiro atoms. The SMILES string of the molecule is Cl.O=C(CN1CCC(C(=O)O)C1)Nc1ccc(Cl)c(Cl)c1. The number of hydrogen-bond acceptors (Lipinski definition) is 3. The van der Waals surface area contributed by atoms with Gasteiger partial charge in [0.15, 0.2) is 0 Å². The Labute approximate surface area is 138 Å². The van der Waals surface area contributed by atoms with E-state index in [-0.39, 0.29) is 30.8 Å². The Bertz CT molecular complexity index is 539. The van der Waals surface area contributed by atoms with Crippen molar-refractivity contribution in [3.05, 3.63) is 28.2 Å². The van der Waals surface area contributed by atoms with Crippen LogP contribution in [0.4, 0.5) is 5.69 Å². The number of hydrogen-bond donors (Lipinski definition) is 2. The molecule has 0 bridgehead atoms. The molecule has 1 saturated heterocycles. The summed E-state index contributed by atoms with van der Waals surface area (Å²) < 4.78 is 0. The van der Waals surface area contributed by atoms with Crippen LogP contribution in [-0.4, -0.2) is 41.5 Å². The van der Waals surface area contributed by atoms with Crippen molar-refractivity contribution in [1.82, 2.24) is 4.90 Å². The highest BCUT2D eigenvalue weighted by atomic mass is 35.5. The minimum absolute atomic E-state index is 0. The Balaban J connectivity index is 0.00000220. The van der Waals surface area contributed by atoms with E-state index in [9.17, 15) is 9.59 Å². The smallest absolute Gasteiger partial charge is 0.307 e. The molecule has 1 fully saturated rings. The first-order chi connectivity index (χ1) is 9.45. The Kier molecular flexibility index (Phi) is 6.74. The van der Waals surface area contributed by atoms with Crippen molar-refractivity contribution in [3.63, 3.8) is 0 Å². The van der Waals surface area contributed by atoms with Crippen LogP contribution < -0.4 is 5.32 Å². The summed E-state index contributed by atoms with van der Waals surface area (Å²) >= 11 is 11.7. The molecule has 1 aromatic rings. The van der Waals surface area contributed by atoms with Gasteiger partial charge in [0, 0.05) is 12.2 Å². The van der Waals surface area contributed by atoms with Crippen molar-refractivity contribution >= 4 is 53.2 Å². The molecule has 1 amide bonds. The highest BCUT2D eigenvalue weighted by Gasteiger charge is 2.28. The average molecular weight is 354 g/mol. The summed E-state index contributed by atoms with van der Waals surface area (Å²) in [5, 5.41) is 12.4. The van der Waals surface area contributed by atoms with E-state index in [0.29, 0.717) is 35.2 Å². The van der Waals surface area contributed by atoms with E-state index in [0.717, 1.165) is 0 Å². The summed E-state index contributed by atoms with van der Waals surface area (Å²) in [6.07, 6.45) is 0.579. The molecule has 8 heteroatoms. The number of aliphatic carboxylic acids is 1. The monoisotopic (exact) mass is 352 g/mol. The van der Waals surface area contributed by atoms with E-state index < -0.39 is 5.97 Å². The van der Waals surface area contributed by atoms with Gasteiger partial charge in [-0.1, -0.05) is 23.2 Å². The molecule has 1 atom stereocenters. The fraction of sp³-hybridized carbons (Fsp3) is 0.385. The summed E-state index contributed by atoms with van der Waals surface area (Å²) in [4.78, 5) is 24.5. The van der Waals surface area contributed by atoms with Crippen LogP contribution in [0.2, 0.25) is 10.0 Å². The lowest BCUT2D eigenvalue weighted by molar-refractivity contribution is -0.141. The zero-order valence-corrected chi connectivity index (χ0v) is 13.3. The highest BCUT2D eigenvalue weighted by Crippen LogP contribution is 2.25. The molecule has 21 heavy (non-hydrogen) atoms. The summed E-state index contributed by atoms with van der Waals surface area (Å²) in [6.45, 7) is 1.19. The van der Waals surface area contributed by atoms with E-state index in [4.69, 9.17) is 28.3 Å². The summed E-state index contributed by atoms with van der Waals surface area (Å²) in [5.41, 5.74) is 0.568. The Morgan fingerprint density at radius 3 is 2.62 bits per heavy atom. The van der Waals surface area contributed by atoms with Gasteiger partial charge in [0.2, 0.25) is 5.91 Å². The maximum atomic E-state index is 11.9. The van der Waals surface area contributed by atoms with Crippen LogP contribution >= 0.6 is 35.6 Å². The molecular weight excluding hydrogens is 339 g/mol. The second-order valence-electron chi connectivity index (χ2n) is 4.74. The lowest BCUT2D eigenvalue weighted by Crippen LogP contribution is -2.32. The lowest BCUT2D eigenvalue weighted by Gasteiger charge is -2.15. The highest BCUT2D eigenvalue weighted by molar-refractivity contribution is 6.42. The predicted molar refractivity (Wildman–Crippen MR) is 84.5 cm³/mol. The molecule has 1 aliphatic heterocycles. The maximum absolute atomic E-state index is 11.9. The van der Waals surface area contributed by atoms with Gasteiger partial charge >= 0.3 is 5.97 Å². The number of carbonyl (C=O) groups is 2. The van der Waals surface area contributed by atoms with Crippen molar-refractivity contribution in [3.8, 4) is 0 Å². The van der Waals surface area contributed by atoms with E-state index in [2.05, 4.69) is 5.32 Å². The normalized spacial score (nSPS) is 18.1. The number of carboxylic acid groups (broad SMARTS) is 1. The van der Waals surface area contributed by atoms with Gasteiger partial charge in [0.25, 0.3) is 0 Å². The molecule has 1 unspecified atom stereocenters. The largest absolute Gasteiger partial charge is 0.481 e. The number of carbonyl (C=O) groups excluding carboxylic acids is 1. The topological polar surface area (TPSA) is 69.6 Å². The van der Waals surface area contributed by atoms with Crippen LogP contribution in [0.1, 0.15) is 6.42 Å². The number of benzene rings is 1. The average Bonchev–Trinajstić information content (AvgIpc) is 2.82. The molecule has 5 nitrogen and oxygen atoms in total. The van der Waals surface area contributed by atoms with Crippen LogP contribution in [0.15, 0.2) is 18.2 Å². The van der Waals surface area contributed by atoms with E-state index in [1.54, 1.807) is 18.2 Å². The molecule has 0 radical (unpaired) electrons. The van der Waals surface area contributed by atoms with Crippen molar-refractivity contribution < 1.29 is 14.7 Å². The summed E-state index contributed by atoms with van der Waals surface area (Å²) in [6, 6.07) is 4.85. The fourth-order valence-electron chi connectivity index (χ4n) is 2.16.